The Morgan fingerprint density at radius 2 is 2.07 bits per heavy atom. The fraction of sp³-hybridized carbons (Fsp3) is 0.200. The van der Waals surface area contributed by atoms with Crippen molar-refractivity contribution in [3.05, 3.63) is 101 Å². The highest BCUT2D eigenvalue weighted by Crippen LogP contribution is 2.25. The predicted octanol–water partition coefficient (Wildman–Crippen LogP) is 5.45. The van der Waals surface area contributed by atoms with Crippen LogP contribution in [0.1, 0.15) is 40.7 Å². The summed E-state index contributed by atoms with van der Waals surface area (Å²) in [6, 6.07) is 9.87. The molecule has 1 aliphatic heterocycles. The molecule has 2 aromatic rings. The minimum Gasteiger partial charge on any atom is -0.464 e. The van der Waals surface area contributed by atoms with Crippen LogP contribution in [-0.4, -0.2) is 10.9 Å². The zero-order valence-electron chi connectivity index (χ0n) is 17.1. The van der Waals surface area contributed by atoms with Gasteiger partial charge in [-0.3, -0.25) is 15.1 Å². The van der Waals surface area contributed by atoms with Crippen molar-refractivity contribution in [3.63, 3.8) is 0 Å². The molecule has 0 spiro atoms. The number of hydrogen-bond donors (Lipinski definition) is 1. The van der Waals surface area contributed by atoms with E-state index in [0.717, 1.165) is 29.7 Å². The maximum absolute atomic E-state index is 12.6. The molecule has 0 saturated carbocycles. The summed E-state index contributed by atoms with van der Waals surface area (Å²) in [4.78, 5) is 17.1. The molecule has 4 rings (SSSR count). The summed E-state index contributed by atoms with van der Waals surface area (Å²) in [5.74, 6) is 0.631. The Kier molecular flexibility index (Phi) is 5.80. The number of nitrogens with zero attached hydrogens (tertiary/aromatic N) is 1. The van der Waals surface area contributed by atoms with E-state index in [0.29, 0.717) is 17.7 Å². The standard InChI is InChI=1S/C25H24N2O3/c1-17-8-9-18(2)22(12-17)23-11-10-20(14-26-23)25(28)27-24-16-29-15-21(30-24)13-19-6-4-3-5-7-19/h3-4,6,8-12,14-16H,5,7,13H2,1-2H3,(H,27,28). The zero-order chi connectivity index (χ0) is 20.9. The van der Waals surface area contributed by atoms with Gasteiger partial charge in [0.1, 0.15) is 12.0 Å². The fourth-order valence-electron chi connectivity index (χ4n) is 3.40. The molecule has 5 heteroatoms. The van der Waals surface area contributed by atoms with Crippen LogP contribution in [0.5, 0.6) is 0 Å². The summed E-state index contributed by atoms with van der Waals surface area (Å²) in [5.41, 5.74) is 5.94. The van der Waals surface area contributed by atoms with E-state index in [1.807, 2.05) is 6.07 Å². The third kappa shape index (κ3) is 4.69. The summed E-state index contributed by atoms with van der Waals surface area (Å²) in [5, 5.41) is 2.74. The second kappa shape index (κ2) is 8.82. The van der Waals surface area contributed by atoms with Crippen LogP contribution in [0.15, 0.2) is 84.5 Å². The van der Waals surface area contributed by atoms with Gasteiger partial charge in [-0.25, -0.2) is 0 Å². The van der Waals surface area contributed by atoms with Crippen LogP contribution < -0.4 is 5.32 Å². The van der Waals surface area contributed by atoms with E-state index < -0.39 is 0 Å². The van der Waals surface area contributed by atoms with Crippen LogP contribution in [0.2, 0.25) is 0 Å². The van der Waals surface area contributed by atoms with E-state index in [2.05, 4.69) is 60.6 Å². The SMILES string of the molecule is Cc1ccc(C)c(-c2ccc(C(=O)NC3=COC=C(CC4=CC=CCC4)O3)cn2)c1. The Labute approximate surface area is 176 Å². The van der Waals surface area contributed by atoms with Crippen LogP contribution in [0, 0.1) is 13.8 Å². The van der Waals surface area contributed by atoms with Gasteiger partial charge in [0.05, 0.1) is 11.3 Å². The van der Waals surface area contributed by atoms with Gasteiger partial charge in [-0.15, -0.1) is 0 Å². The summed E-state index contributed by atoms with van der Waals surface area (Å²) in [6.07, 6.45) is 13.5. The van der Waals surface area contributed by atoms with Crippen molar-refractivity contribution >= 4 is 5.91 Å². The van der Waals surface area contributed by atoms with E-state index in [1.165, 1.54) is 17.4 Å². The average molecular weight is 400 g/mol. The first-order chi connectivity index (χ1) is 14.6. The molecule has 1 aromatic carbocycles. The number of allylic oxidation sites excluding steroid dienone is 4. The van der Waals surface area contributed by atoms with E-state index in [4.69, 9.17) is 9.47 Å². The van der Waals surface area contributed by atoms with Crippen LogP contribution in [0.25, 0.3) is 11.3 Å². The molecular formula is C25H24N2O3. The van der Waals surface area contributed by atoms with Crippen LogP contribution >= 0.6 is 0 Å². The van der Waals surface area contributed by atoms with E-state index in [-0.39, 0.29) is 11.8 Å². The summed E-state index contributed by atoms with van der Waals surface area (Å²) < 4.78 is 11.1. The second-order valence-electron chi connectivity index (χ2n) is 7.48. The predicted molar refractivity (Wildman–Crippen MR) is 116 cm³/mol. The molecule has 5 nitrogen and oxygen atoms in total. The largest absolute Gasteiger partial charge is 0.464 e. The van der Waals surface area contributed by atoms with Crippen molar-refractivity contribution in [2.24, 2.45) is 0 Å². The summed E-state index contributed by atoms with van der Waals surface area (Å²) >= 11 is 0. The van der Waals surface area contributed by atoms with Crippen molar-refractivity contribution in [1.29, 1.82) is 0 Å². The molecule has 2 heterocycles. The Balaban J connectivity index is 1.39. The lowest BCUT2D eigenvalue weighted by atomic mass is 10.0. The molecule has 0 radical (unpaired) electrons. The number of hydrogen-bond acceptors (Lipinski definition) is 4. The fourth-order valence-corrected chi connectivity index (χ4v) is 3.40. The molecule has 0 fully saturated rings. The molecule has 1 aliphatic carbocycles. The van der Waals surface area contributed by atoms with Gasteiger partial charge in [0.25, 0.3) is 5.91 Å². The molecule has 152 valence electrons. The van der Waals surface area contributed by atoms with Crippen LogP contribution in [0.3, 0.4) is 0 Å². The number of amides is 1. The highest BCUT2D eigenvalue weighted by molar-refractivity contribution is 5.95. The lowest BCUT2D eigenvalue weighted by Gasteiger charge is -2.18. The monoisotopic (exact) mass is 400 g/mol. The molecule has 0 bridgehead atoms. The number of nitrogens with one attached hydrogen (secondary N) is 1. The van der Waals surface area contributed by atoms with E-state index in [1.54, 1.807) is 18.5 Å². The summed E-state index contributed by atoms with van der Waals surface area (Å²) in [6.45, 7) is 4.10. The molecule has 1 N–H and O–H groups in total. The van der Waals surface area contributed by atoms with Gasteiger partial charge in [0, 0.05) is 18.2 Å². The Bertz CT molecular complexity index is 1080. The molecule has 2 aliphatic rings. The first-order valence-electron chi connectivity index (χ1n) is 10.0. The van der Waals surface area contributed by atoms with Crippen LogP contribution in [0.4, 0.5) is 0 Å². The number of aromatic nitrogens is 1. The Hall–Kier alpha value is -3.60. The molecule has 0 unspecified atom stereocenters. The molecule has 30 heavy (non-hydrogen) atoms. The number of pyridine rings is 1. The van der Waals surface area contributed by atoms with Crippen molar-refractivity contribution in [2.45, 2.75) is 33.1 Å². The maximum atomic E-state index is 12.6. The topological polar surface area (TPSA) is 60.5 Å². The summed E-state index contributed by atoms with van der Waals surface area (Å²) in [7, 11) is 0. The minimum absolute atomic E-state index is 0.267. The van der Waals surface area contributed by atoms with Gasteiger partial charge < -0.3 is 9.47 Å². The van der Waals surface area contributed by atoms with Crippen molar-refractivity contribution in [2.75, 3.05) is 0 Å². The molecular weight excluding hydrogens is 376 g/mol. The molecule has 1 amide bonds. The normalized spacial score (nSPS) is 15.3. The van der Waals surface area contributed by atoms with Gasteiger partial charge >= 0.3 is 0 Å². The number of aryl methyl sites for hydroxylation is 2. The molecule has 1 aromatic heterocycles. The van der Waals surface area contributed by atoms with Gasteiger partial charge in [-0.05, 0) is 50.5 Å². The van der Waals surface area contributed by atoms with Crippen molar-refractivity contribution < 1.29 is 14.3 Å². The first-order valence-corrected chi connectivity index (χ1v) is 10.0. The lowest BCUT2D eigenvalue weighted by molar-refractivity contribution is 0.0922. The minimum atomic E-state index is -0.300. The second-order valence-corrected chi connectivity index (χ2v) is 7.48. The van der Waals surface area contributed by atoms with Gasteiger partial charge in [0.2, 0.25) is 5.88 Å². The molecule has 0 saturated heterocycles. The Morgan fingerprint density at radius 3 is 2.83 bits per heavy atom. The Morgan fingerprint density at radius 1 is 1.17 bits per heavy atom. The number of benzene rings is 1. The number of rotatable bonds is 5. The highest BCUT2D eigenvalue weighted by Gasteiger charge is 2.16. The number of carbonyl (C=O) groups is 1. The quantitative estimate of drug-likeness (QED) is 0.725. The zero-order valence-corrected chi connectivity index (χ0v) is 17.1. The third-order valence-electron chi connectivity index (χ3n) is 5.05. The first kappa shape index (κ1) is 19.7. The molecule has 0 atom stereocenters. The van der Waals surface area contributed by atoms with Gasteiger partial charge in [-0.2, -0.15) is 0 Å². The van der Waals surface area contributed by atoms with E-state index in [9.17, 15) is 4.79 Å². The van der Waals surface area contributed by atoms with Crippen molar-refractivity contribution in [3.8, 4) is 11.3 Å². The number of ether oxygens (including phenoxy) is 2. The lowest BCUT2D eigenvalue weighted by Crippen LogP contribution is -2.25. The maximum Gasteiger partial charge on any atom is 0.259 e. The highest BCUT2D eigenvalue weighted by atomic mass is 16.6. The smallest absolute Gasteiger partial charge is 0.259 e. The van der Waals surface area contributed by atoms with Crippen LogP contribution in [-0.2, 0) is 9.47 Å². The third-order valence-corrected chi connectivity index (χ3v) is 5.05. The van der Waals surface area contributed by atoms with Gasteiger partial charge in [-0.1, -0.05) is 41.5 Å². The van der Waals surface area contributed by atoms with Crippen molar-refractivity contribution in [1.82, 2.24) is 10.3 Å². The van der Waals surface area contributed by atoms with Gasteiger partial charge in [0.15, 0.2) is 6.26 Å². The average Bonchev–Trinajstić information content (AvgIpc) is 2.76. The van der Waals surface area contributed by atoms with E-state index >= 15 is 0 Å². The number of carbonyl (C=O) groups excluding carboxylic acids is 1.